The molecule has 0 amide bonds. The third-order valence-electron chi connectivity index (χ3n) is 5.88. The summed E-state index contributed by atoms with van der Waals surface area (Å²) < 4.78 is 36.5. The average Bonchev–Trinajstić information content (AvgIpc) is 3.55. The number of nitrogens with zero attached hydrogens (tertiary/aromatic N) is 3. The Labute approximate surface area is 211 Å². The molecule has 2 N–H and O–H groups in total. The largest absolute Gasteiger partial charge is 0.598 e. The number of fused-ring (bicyclic) bond motifs is 1. The molecule has 0 radical (unpaired) electrons. The predicted octanol–water partition coefficient (Wildman–Crippen LogP) is 5.75. The van der Waals surface area contributed by atoms with Gasteiger partial charge in [0.1, 0.15) is 16.3 Å². The molecule has 0 saturated heterocycles. The summed E-state index contributed by atoms with van der Waals surface area (Å²) in [5.41, 5.74) is 4.61. The number of hydrogen-bond donors (Lipinski definition) is 2. The van der Waals surface area contributed by atoms with E-state index in [9.17, 15) is 4.55 Å². The van der Waals surface area contributed by atoms with Crippen LogP contribution in [0.4, 0.5) is 4.39 Å². The Balaban J connectivity index is 1.60. The van der Waals surface area contributed by atoms with Gasteiger partial charge in [0, 0.05) is 40.5 Å². The van der Waals surface area contributed by atoms with Gasteiger partial charge in [-0.05, 0) is 50.6 Å². The number of hydrogen-bond acceptors (Lipinski definition) is 6. The van der Waals surface area contributed by atoms with Crippen LogP contribution in [0.3, 0.4) is 0 Å². The van der Waals surface area contributed by atoms with Gasteiger partial charge in [-0.2, -0.15) is 5.10 Å². The monoisotopic (exact) mass is 503 g/mol. The molecular weight excluding hydrogens is 477 g/mol. The first-order valence-electron chi connectivity index (χ1n) is 11.6. The molecule has 5 rings (SSSR count). The molecule has 7 nitrogen and oxygen atoms in total. The molecule has 3 heterocycles. The molecule has 5 aromatic rings. The zero-order valence-electron chi connectivity index (χ0n) is 20.2. The molecule has 0 bridgehead atoms. The van der Waals surface area contributed by atoms with Crippen LogP contribution in [0, 0.1) is 5.82 Å². The van der Waals surface area contributed by atoms with Crippen LogP contribution in [0.2, 0.25) is 0 Å². The van der Waals surface area contributed by atoms with Crippen molar-refractivity contribution in [2.24, 2.45) is 0 Å². The van der Waals surface area contributed by atoms with Crippen molar-refractivity contribution in [3.8, 4) is 22.5 Å². The zero-order chi connectivity index (χ0) is 25.3. The fraction of sp³-hybridized carbons (Fsp3) is 0.222. The molecule has 1 unspecified atom stereocenters. The highest BCUT2D eigenvalue weighted by Gasteiger charge is 2.32. The minimum atomic E-state index is -1.42. The van der Waals surface area contributed by atoms with Crippen molar-refractivity contribution >= 4 is 22.3 Å². The second-order valence-electron chi connectivity index (χ2n) is 9.48. The molecule has 0 aliphatic heterocycles. The quantitative estimate of drug-likeness (QED) is 0.274. The SMILES string of the molecule is CC(C)(C)[S@+]([O-])NC(Cc1nc(-c2cn[nH]c2)ccc1F)c1ccccc1-c1noc2ccccc12. The van der Waals surface area contributed by atoms with Gasteiger partial charge in [0.15, 0.2) is 5.58 Å². The van der Waals surface area contributed by atoms with Gasteiger partial charge in [-0.1, -0.05) is 41.6 Å². The normalized spacial score (nSPS) is 13.7. The molecule has 36 heavy (non-hydrogen) atoms. The third-order valence-corrected chi connectivity index (χ3v) is 7.50. The Hall–Kier alpha value is -3.53. The summed E-state index contributed by atoms with van der Waals surface area (Å²) in [5.74, 6) is -0.431. The Morgan fingerprint density at radius 3 is 2.64 bits per heavy atom. The number of para-hydroxylation sites is 1. The number of halogens is 1. The van der Waals surface area contributed by atoms with Crippen LogP contribution in [0.1, 0.15) is 38.1 Å². The van der Waals surface area contributed by atoms with Crippen molar-refractivity contribution in [3.05, 3.63) is 90.1 Å². The number of aromatic amines is 1. The molecule has 3 aromatic heterocycles. The van der Waals surface area contributed by atoms with E-state index in [1.807, 2.05) is 69.3 Å². The molecule has 9 heteroatoms. The summed E-state index contributed by atoms with van der Waals surface area (Å²) in [4.78, 5) is 4.58. The van der Waals surface area contributed by atoms with E-state index in [-0.39, 0.29) is 12.1 Å². The molecule has 0 spiro atoms. The van der Waals surface area contributed by atoms with Crippen LogP contribution < -0.4 is 4.72 Å². The van der Waals surface area contributed by atoms with E-state index in [0.29, 0.717) is 17.0 Å². The van der Waals surface area contributed by atoms with Crippen LogP contribution in [0.15, 0.2) is 77.6 Å². The van der Waals surface area contributed by atoms with E-state index >= 15 is 4.39 Å². The molecule has 2 atom stereocenters. The van der Waals surface area contributed by atoms with E-state index in [2.05, 4.69) is 25.1 Å². The molecule has 0 aliphatic carbocycles. The van der Waals surface area contributed by atoms with Gasteiger partial charge in [0.25, 0.3) is 0 Å². The summed E-state index contributed by atoms with van der Waals surface area (Å²) >= 11 is -1.42. The maximum atomic E-state index is 15.0. The lowest BCUT2D eigenvalue weighted by Crippen LogP contribution is -2.42. The zero-order valence-corrected chi connectivity index (χ0v) is 21.0. The van der Waals surface area contributed by atoms with Crippen molar-refractivity contribution in [1.82, 2.24) is 25.1 Å². The average molecular weight is 504 g/mol. The summed E-state index contributed by atoms with van der Waals surface area (Å²) in [6.45, 7) is 5.67. The van der Waals surface area contributed by atoms with Crippen molar-refractivity contribution in [2.45, 2.75) is 38.0 Å². The Morgan fingerprint density at radius 1 is 1.08 bits per heavy atom. The van der Waals surface area contributed by atoms with E-state index in [4.69, 9.17) is 4.52 Å². The summed E-state index contributed by atoms with van der Waals surface area (Å²) in [6.07, 6.45) is 3.52. The smallest absolute Gasteiger partial charge is 0.167 e. The first kappa shape index (κ1) is 24.2. The van der Waals surface area contributed by atoms with E-state index in [1.165, 1.54) is 6.07 Å². The summed E-state index contributed by atoms with van der Waals surface area (Å²) in [7, 11) is 0. The lowest BCUT2D eigenvalue weighted by molar-refractivity contribution is 0.459. The lowest BCUT2D eigenvalue weighted by atomic mass is 9.94. The predicted molar refractivity (Wildman–Crippen MR) is 139 cm³/mol. The second kappa shape index (κ2) is 9.85. The third kappa shape index (κ3) is 4.90. The van der Waals surface area contributed by atoms with Crippen molar-refractivity contribution in [3.63, 3.8) is 0 Å². The number of H-pyrrole nitrogens is 1. The number of benzene rings is 2. The summed E-state index contributed by atoms with van der Waals surface area (Å²) in [5, 5.41) is 11.9. The van der Waals surface area contributed by atoms with Gasteiger partial charge in [-0.25, -0.2) is 9.37 Å². The van der Waals surface area contributed by atoms with Crippen LogP contribution in [0.25, 0.3) is 33.5 Å². The maximum Gasteiger partial charge on any atom is 0.167 e. The molecular formula is C27H26FN5O2S. The first-order chi connectivity index (χ1) is 17.3. The van der Waals surface area contributed by atoms with Crippen molar-refractivity contribution < 1.29 is 13.5 Å². The number of aromatic nitrogens is 4. The van der Waals surface area contributed by atoms with Crippen LogP contribution in [0.5, 0.6) is 0 Å². The standard InChI is InChI=1S/C27H26FN5O2S/c1-27(2,3)36(34)33-23(14-24-21(28)12-13-22(31-24)17-15-29-30-16-17)18-8-4-5-9-19(18)26-20-10-6-7-11-25(20)35-32-26/h4-13,15-16,23,33H,14H2,1-3H3,(H,29,30)/t23?,36-/m0/s1. The Kier molecular flexibility index (Phi) is 6.61. The second-order valence-corrected chi connectivity index (χ2v) is 11.5. The van der Waals surface area contributed by atoms with Gasteiger partial charge in [0.2, 0.25) is 0 Å². The highest BCUT2D eigenvalue weighted by Crippen LogP contribution is 2.35. The topological polar surface area (TPSA) is 103 Å². The highest BCUT2D eigenvalue weighted by atomic mass is 32.2. The minimum absolute atomic E-state index is 0.173. The molecule has 184 valence electrons. The van der Waals surface area contributed by atoms with Gasteiger partial charge in [-0.15, -0.1) is 4.72 Å². The van der Waals surface area contributed by atoms with Crippen LogP contribution >= 0.6 is 0 Å². The molecule has 2 aromatic carbocycles. The maximum absolute atomic E-state index is 15.0. The highest BCUT2D eigenvalue weighted by molar-refractivity contribution is 7.90. The fourth-order valence-electron chi connectivity index (χ4n) is 3.99. The summed E-state index contributed by atoms with van der Waals surface area (Å²) in [6, 6.07) is 17.8. The molecule has 0 saturated carbocycles. The fourth-order valence-corrected chi connectivity index (χ4v) is 4.81. The van der Waals surface area contributed by atoms with E-state index < -0.39 is 28.0 Å². The van der Waals surface area contributed by atoms with E-state index in [0.717, 1.165) is 22.1 Å². The Morgan fingerprint density at radius 2 is 1.86 bits per heavy atom. The minimum Gasteiger partial charge on any atom is -0.598 e. The number of nitrogens with one attached hydrogen (secondary N) is 2. The van der Waals surface area contributed by atoms with Crippen molar-refractivity contribution in [1.29, 1.82) is 0 Å². The lowest BCUT2D eigenvalue weighted by Gasteiger charge is -2.29. The number of pyridine rings is 1. The van der Waals surface area contributed by atoms with Gasteiger partial charge in [-0.3, -0.25) is 5.10 Å². The molecule has 0 aliphatic rings. The van der Waals surface area contributed by atoms with Gasteiger partial charge < -0.3 is 9.08 Å². The molecule has 0 fully saturated rings. The van der Waals surface area contributed by atoms with Gasteiger partial charge >= 0.3 is 0 Å². The van der Waals surface area contributed by atoms with Crippen LogP contribution in [-0.4, -0.2) is 29.6 Å². The Bertz CT molecular complexity index is 1480. The van der Waals surface area contributed by atoms with E-state index in [1.54, 1.807) is 18.5 Å². The van der Waals surface area contributed by atoms with Crippen molar-refractivity contribution in [2.75, 3.05) is 0 Å². The van der Waals surface area contributed by atoms with Crippen LogP contribution in [-0.2, 0) is 17.8 Å². The number of rotatable bonds is 7. The van der Waals surface area contributed by atoms with Gasteiger partial charge in [0.05, 0.1) is 23.6 Å². The first-order valence-corrected chi connectivity index (χ1v) is 12.7.